The monoisotopic (exact) mass is 251 g/mol. The molecule has 2 N–H and O–H groups in total. The van der Waals surface area contributed by atoms with Crippen LogP contribution < -0.4 is 5.32 Å². The molecular weight excluding hydrogens is 239 g/mol. The van der Waals surface area contributed by atoms with Gasteiger partial charge in [0.25, 0.3) is 5.91 Å². The summed E-state index contributed by atoms with van der Waals surface area (Å²) < 4.78 is 38.9. The van der Waals surface area contributed by atoms with Crippen LogP contribution >= 0.6 is 0 Å². The van der Waals surface area contributed by atoms with Gasteiger partial charge in [-0.2, -0.15) is 18.3 Å². The highest BCUT2D eigenvalue weighted by Crippen LogP contribution is 2.31. The third kappa shape index (κ3) is 2.96. The van der Waals surface area contributed by atoms with Gasteiger partial charge in [-0.05, 0) is 6.92 Å². The molecule has 0 unspecified atom stereocenters. The number of nitrogens with zero attached hydrogens (tertiary/aromatic N) is 2. The summed E-state index contributed by atoms with van der Waals surface area (Å²) in [5, 5.41) is 14.1. The average molecular weight is 251 g/mol. The predicted octanol–water partition coefficient (Wildman–Crippen LogP) is 0.644. The van der Waals surface area contributed by atoms with E-state index in [2.05, 4.69) is 10.4 Å². The zero-order chi connectivity index (χ0) is 13.1. The van der Waals surface area contributed by atoms with Crippen molar-refractivity contribution in [1.82, 2.24) is 15.1 Å². The van der Waals surface area contributed by atoms with E-state index in [1.807, 2.05) is 0 Å². The smallest absolute Gasteiger partial charge is 0.395 e. The van der Waals surface area contributed by atoms with Crippen molar-refractivity contribution < 1.29 is 23.1 Å². The highest BCUT2D eigenvalue weighted by molar-refractivity contribution is 5.95. The lowest BCUT2D eigenvalue weighted by Gasteiger charge is -2.11. The Hall–Kier alpha value is -1.57. The molecule has 17 heavy (non-hydrogen) atoms. The zero-order valence-electron chi connectivity index (χ0n) is 9.08. The quantitative estimate of drug-likeness (QED) is 0.825. The molecule has 5 nitrogen and oxygen atoms in total. The van der Waals surface area contributed by atoms with Crippen molar-refractivity contribution in [3.8, 4) is 0 Å². The first kappa shape index (κ1) is 13.5. The van der Waals surface area contributed by atoms with Crippen molar-refractivity contribution in [2.24, 2.45) is 0 Å². The van der Waals surface area contributed by atoms with Gasteiger partial charge in [-0.25, -0.2) is 0 Å². The Balaban J connectivity index is 3.08. The maximum absolute atomic E-state index is 12.7. The maximum atomic E-state index is 12.7. The number of alkyl halides is 3. The Labute approximate surface area is 95.2 Å². The molecule has 0 atom stereocenters. The molecule has 96 valence electrons. The Morgan fingerprint density at radius 3 is 2.71 bits per heavy atom. The van der Waals surface area contributed by atoms with Crippen LogP contribution in [0.3, 0.4) is 0 Å². The molecule has 0 fully saturated rings. The second-order valence-corrected chi connectivity index (χ2v) is 3.20. The lowest BCUT2D eigenvalue weighted by atomic mass is 10.2. The number of aryl methyl sites for hydroxylation is 1. The lowest BCUT2D eigenvalue weighted by molar-refractivity contribution is -0.144. The third-order valence-electron chi connectivity index (χ3n) is 2.05. The molecule has 0 saturated carbocycles. The molecular formula is C9H12F3N3O2. The standard InChI is InChI=1S/C9H12F3N3O2/c1-2-15-7(9(10,11)12)6(5-14-15)8(17)13-3-4-16/h5,16H,2-4H2,1H3,(H,13,17). The van der Waals surface area contributed by atoms with Crippen molar-refractivity contribution in [1.29, 1.82) is 0 Å². The van der Waals surface area contributed by atoms with E-state index in [1.54, 1.807) is 0 Å². The summed E-state index contributed by atoms with van der Waals surface area (Å²) in [6, 6.07) is 0. The van der Waals surface area contributed by atoms with Crippen LogP contribution in [0.25, 0.3) is 0 Å². The SMILES string of the molecule is CCn1ncc(C(=O)NCCO)c1C(F)(F)F. The van der Waals surface area contributed by atoms with Crippen molar-refractivity contribution in [2.45, 2.75) is 19.6 Å². The second kappa shape index (κ2) is 5.17. The van der Waals surface area contributed by atoms with E-state index in [-0.39, 0.29) is 19.7 Å². The lowest BCUT2D eigenvalue weighted by Crippen LogP contribution is -2.28. The van der Waals surface area contributed by atoms with Crippen molar-refractivity contribution >= 4 is 5.91 Å². The van der Waals surface area contributed by atoms with Gasteiger partial charge in [0.1, 0.15) is 0 Å². The third-order valence-corrected chi connectivity index (χ3v) is 2.05. The van der Waals surface area contributed by atoms with Crippen LogP contribution in [0.1, 0.15) is 23.0 Å². The first-order valence-electron chi connectivity index (χ1n) is 4.93. The number of nitrogens with one attached hydrogen (secondary N) is 1. The molecule has 0 radical (unpaired) electrons. The van der Waals surface area contributed by atoms with Crippen LogP contribution in [-0.2, 0) is 12.7 Å². The molecule has 0 spiro atoms. The van der Waals surface area contributed by atoms with Gasteiger partial charge >= 0.3 is 6.18 Å². The van der Waals surface area contributed by atoms with E-state index in [0.29, 0.717) is 4.68 Å². The van der Waals surface area contributed by atoms with Crippen molar-refractivity contribution in [3.63, 3.8) is 0 Å². The number of amides is 1. The van der Waals surface area contributed by atoms with Gasteiger partial charge in [0.05, 0.1) is 18.4 Å². The molecule has 1 heterocycles. The molecule has 0 aliphatic rings. The summed E-state index contributed by atoms with van der Waals surface area (Å²) in [5.41, 5.74) is -1.61. The molecule has 8 heteroatoms. The van der Waals surface area contributed by atoms with Gasteiger partial charge in [-0.3, -0.25) is 9.48 Å². The molecule has 0 aliphatic heterocycles. The summed E-state index contributed by atoms with van der Waals surface area (Å²) in [6.07, 6.45) is -3.77. The molecule has 1 amide bonds. The van der Waals surface area contributed by atoms with Crippen LogP contribution in [0.2, 0.25) is 0 Å². The molecule has 1 rings (SSSR count). The fourth-order valence-corrected chi connectivity index (χ4v) is 1.35. The van der Waals surface area contributed by atoms with E-state index in [4.69, 9.17) is 5.11 Å². The number of hydrogen-bond donors (Lipinski definition) is 2. The molecule has 1 aromatic rings. The fourth-order valence-electron chi connectivity index (χ4n) is 1.35. The number of carbonyl (C=O) groups excluding carboxylic acids is 1. The van der Waals surface area contributed by atoms with Gasteiger partial charge in [-0.15, -0.1) is 0 Å². The molecule has 0 bridgehead atoms. The van der Waals surface area contributed by atoms with E-state index < -0.39 is 23.3 Å². The topological polar surface area (TPSA) is 67.2 Å². The summed E-state index contributed by atoms with van der Waals surface area (Å²) in [4.78, 5) is 11.4. The van der Waals surface area contributed by atoms with E-state index in [0.717, 1.165) is 6.20 Å². The van der Waals surface area contributed by atoms with Crippen LogP contribution in [-0.4, -0.2) is 33.9 Å². The first-order chi connectivity index (χ1) is 7.91. The highest BCUT2D eigenvalue weighted by atomic mass is 19.4. The Morgan fingerprint density at radius 1 is 1.59 bits per heavy atom. The van der Waals surface area contributed by atoms with Gasteiger partial charge in [0.15, 0.2) is 5.69 Å². The second-order valence-electron chi connectivity index (χ2n) is 3.20. The van der Waals surface area contributed by atoms with Crippen LogP contribution in [0.5, 0.6) is 0 Å². The van der Waals surface area contributed by atoms with Crippen LogP contribution in [0, 0.1) is 0 Å². The molecule has 0 aliphatic carbocycles. The van der Waals surface area contributed by atoms with Crippen LogP contribution in [0.15, 0.2) is 6.20 Å². The van der Waals surface area contributed by atoms with Crippen LogP contribution in [0.4, 0.5) is 13.2 Å². The molecule has 0 aromatic carbocycles. The minimum Gasteiger partial charge on any atom is -0.395 e. The number of halogens is 3. The van der Waals surface area contributed by atoms with Gasteiger partial charge in [0, 0.05) is 13.1 Å². The Bertz CT molecular complexity index is 401. The number of aliphatic hydroxyl groups is 1. The van der Waals surface area contributed by atoms with Gasteiger partial charge in [-0.1, -0.05) is 0 Å². The molecule has 0 saturated heterocycles. The molecule has 1 aromatic heterocycles. The highest BCUT2D eigenvalue weighted by Gasteiger charge is 2.39. The van der Waals surface area contributed by atoms with E-state index in [9.17, 15) is 18.0 Å². The number of rotatable bonds is 4. The zero-order valence-corrected chi connectivity index (χ0v) is 9.08. The number of hydrogen-bond acceptors (Lipinski definition) is 3. The van der Waals surface area contributed by atoms with Gasteiger partial charge in [0.2, 0.25) is 0 Å². The Kier molecular flexibility index (Phi) is 4.11. The largest absolute Gasteiger partial charge is 0.433 e. The summed E-state index contributed by atoms with van der Waals surface area (Å²) >= 11 is 0. The van der Waals surface area contributed by atoms with Gasteiger partial charge < -0.3 is 10.4 Å². The normalized spacial score (nSPS) is 11.6. The van der Waals surface area contributed by atoms with E-state index >= 15 is 0 Å². The number of aromatic nitrogens is 2. The van der Waals surface area contributed by atoms with Crippen molar-refractivity contribution in [2.75, 3.05) is 13.2 Å². The minimum absolute atomic E-state index is 0.0160. The summed E-state index contributed by atoms with van der Waals surface area (Å²) in [5.74, 6) is -0.897. The first-order valence-corrected chi connectivity index (χ1v) is 4.93. The number of aliphatic hydroxyl groups excluding tert-OH is 1. The predicted molar refractivity (Wildman–Crippen MR) is 52.3 cm³/mol. The number of carbonyl (C=O) groups is 1. The minimum atomic E-state index is -4.64. The fraction of sp³-hybridized carbons (Fsp3) is 0.556. The summed E-state index contributed by atoms with van der Waals surface area (Å²) in [6.45, 7) is 1.07. The average Bonchev–Trinajstić information content (AvgIpc) is 2.69. The Morgan fingerprint density at radius 2 is 2.24 bits per heavy atom. The maximum Gasteiger partial charge on any atom is 0.433 e. The summed E-state index contributed by atoms with van der Waals surface area (Å²) in [7, 11) is 0. The van der Waals surface area contributed by atoms with E-state index in [1.165, 1.54) is 6.92 Å². The van der Waals surface area contributed by atoms with Crippen molar-refractivity contribution in [3.05, 3.63) is 17.5 Å².